The zero-order valence-corrected chi connectivity index (χ0v) is 19.3. The summed E-state index contributed by atoms with van der Waals surface area (Å²) >= 11 is 0. The van der Waals surface area contributed by atoms with E-state index in [0.717, 1.165) is 12.1 Å². The molecule has 0 aliphatic carbocycles. The standard InChI is InChI=1S/C25H22F3N7/c1-15(2)14-31-23-32-24-34(20-6-4-5-19(11-20)25(26,27)28)16(3)21(13-30)22(35(24)33-23)18-9-7-17(12-29)8-10-18/h4-11,15,22H,14H2,1-3H3,(H,31,33). The number of benzene rings is 2. The van der Waals surface area contributed by atoms with Crippen LogP contribution in [0.15, 0.2) is 59.8 Å². The molecule has 0 bridgehead atoms. The van der Waals surface area contributed by atoms with E-state index in [4.69, 9.17) is 5.26 Å². The largest absolute Gasteiger partial charge is 0.416 e. The summed E-state index contributed by atoms with van der Waals surface area (Å²) in [6.07, 6.45) is -4.52. The summed E-state index contributed by atoms with van der Waals surface area (Å²) in [5, 5.41) is 27.0. The van der Waals surface area contributed by atoms with Crippen LogP contribution in [-0.4, -0.2) is 21.3 Å². The Morgan fingerprint density at radius 3 is 2.40 bits per heavy atom. The van der Waals surface area contributed by atoms with Gasteiger partial charge in [0, 0.05) is 17.9 Å². The average Bonchev–Trinajstić information content (AvgIpc) is 3.25. The number of nitrogens with one attached hydrogen (secondary N) is 1. The minimum Gasteiger partial charge on any atom is -0.353 e. The molecule has 7 nitrogen and oxygen atoms in total. The summed E-state index contributed by atoms with van der Waals surface area (Å²) in [6, 6.07) is 15.3. The fourth-order valence-electron chi connectivity index (χ4n) is 3.92. The van der Waals surface area contributed by atoms with Gasteiger partial charge in [-0.1, -0.05) is 32.0 Å². The maximum absolute atomic E-state index is 13.4. The number of alkyl halides is 3. The second-order valence-electron chi connectivity index (χ2n) is 8.59. The highest BCUT2D eigenvalue weighted by Crippen LogP contribution is 2.43. The molecule has 1 unspecified atom stereocenters. The number of aromatic nitrogens is 3. The van der Waals surface area contributed by atoms with Crippen molar-refractivity contribution in [3.63, 3.8) is 0 Å². The van der Waals surface area contributed by atoms with Gasteiger partial charge in [-0.25, -0.2) is 4.68 Å². The number of nitriles is 2. The van der Waals surface area contributed by atoms with Crippen molar-refractivity contribution in [1.29, 1.82) is 10.5 Å². The molecule has 1 aromatic heterocycles. The van der Waals surface area contributed by atoms with Gasteiger partial charge in [-0.2, -0.15) is 28.7 Å². The average molecular weight is 477 g/mol. The molecule has 2 heterocycles. The van der Waals surface area contributed by atoms with Crippen molar-refractivity contribution in [2.75, 3.05) is 16.8 Å². The first-order valence-corrected chi connectivity index (χ1v) is 10.9. The third kappa shape index (κ3) is 4.56. The zero-order valence-electron chi connectivity index (χ0n) is 19.3. The summed E-state index contributed by atoms with van der Waals surface area (Å²) in [5.41, 5.74) is 1.32. The Balaban J connectivity index is 1.91. The Labute approximate surface area is 200 Å². The first-order valence-electron chi connectivity index (χ1n) is 10.9. The predicted octanol–water partition coefficient (Wildman–Crippen LogP) is 5.78. The number of rotatable bonds is 5. The van der Waals surface area contributed by atoms with Crippen LogP contribution in [0.1, 0.15) is 43.5 Å². The first-order chi connectivity index (χ1) is 16.6. The van der Waals surface area contributed by atoms with Gasteiger partial charge in [-0.05, 0) is 48.7 Å². The fraction of sp³-hybridized carbons (Fsp3) is 0.280. The minimum atomic E-state index is -4.52. The monoisotopic (exact) mass is 477 g/mol. The van der Waals surface area contributed by atoms with Crippen LogP contribution in [0.4, 0.5) is 30.8 Å². The lowest BCUT2D eigenvalue weighted by molar-refractivity contribution is -0.137. The third-order valence-corrected chi connectivity index (χ3v) is 5.63. The van der Waals surface area contributed by atoms with E-state index in [2.05, 4.69) is 27.5 Å². The smallest absolute Gasteiger partial charge is 0.353 e. The Hall–Kier alpha value is -4.31. The van der Waals surface area contributed by atoms with Crippen LogP contribution in [0.5, 0.6) is 0 Å². The molecule has 35 heavy (non-hydrogen) atoms. The van der Waals surface area contributed by atoms with Crippen molar-refractivity contribution < 1.29 is 13.2 Å². The molecule has 3 aromatic rings. The van der Waals surface area contributed by atoms with Crippen LogP contribution in [-0.2, 0) is 6.18 Å². The van der Waals surface area contributed by atoms with Gasteiger partial charge in [0.1, 0.15) is 6.04 Å². The Morgan fingerprint density at radius 1 is 1.09 bits per heavy atom. The van der Waals surface area contributed by atoms with Crippen molar-refractivity contribution >= 4 is 17.6 Å². The lowest BCUT2D eigenvalue weighted by Crippen LogP contribution is -2.31. The van der Waals surface area contributed by atoms with E-state index >= 15 is 0 Å². The Morgan fingerprint density at radius 2 is 1.80 bits per heavy atom. The van der Waals surface area contributed by atoms with E-state index in [1.807, 2.05) is 13.8 Å². The van der Waals surface area contributed by atoms with E-state index in [9.17, 15) is 18.4 Å². The van der Waals surface area contributed by atoms with E-state index in [1.54, 1.807) is 31.2 Å². The van der Waals surface area contributed by atoms with Crippen LogP contribution in [0, 0.1) is 28.6 Å². The van der Waals surface area contributed by atoms with Crippen LogP contribution >= 0.6 is 0 Å². The summed E-state index contributed by atoms with van der Waals surface area (Å²) < 4.78 is 41.9. The van der Waals surface area contributed by atoms with E-state index in [1.165, 1.54) is 21.7 Å². The van der Waals surface area contributed by atoms with Crippen LogP contribution in [0.25, 0.3) is 0 Å². The fourth-order valence-corrected chi connectivity index (χ4v) is 3.92. The van der Waals surface area contributed by atoms with Gasteiger partial charge in [0.05, 0.1) is 28.8 Å². The SMILES string of the molecule is CC1=C(C#N)C(c2ccc(C#N)cc2)n2nc(NCC(C)C)nc2N1c1cccc(C(F)(F)F)c1. The minimum absolute atomic E-state index is 0.215. The van der Waals surface area contributed by atoms with Crippen molar-refractivity contribution in [2.45, 2.75) is 33.0 Å². The van der Waals surface area contributed by atoms with Crippen molar-refractivity contribution in [3.8, 4) is 12.1 Å². The van der Waals surface area contributed by atoms with Gasteiger partial charge in [0.2, 0.25) is 11.9 Å². The number of fused-ring (bicyclic) bond motifs is 1. The second kappa shape index (κ2) is 9.15. The van der Waals surface area contributed by atoms with Gasteiger partial charge in [0.25, 0.3) is 0 Å². The predicted molar refractivity (Wildman–Crippen MR) is 125 cm³/mol. The molecule has 4 rings (SSSR count). The first kappa shape index (κ1) is 23.8. The molecule has 0 saturated heterocycles. The molecule has 0 amide bonds. The topological polar surface area (TPSA) is 93.6 Å². The maximum atomic E-state index is 13.4. The summed E-state index contributed by atoms with van der Waals surface area (Å²) in [5.74, 6) is 0.886. The second-order valence-corrected chi connectivity index (χ2v) is 8.59. The molecule has 0 saturated carbocycles. The van der Waals surface area contributed by atoms with Gasteiger partial charge < -0.3 is 5.32 Å². The molecular weight excluding hydrogens is 455 g/mol. The highest BCUT2D eigenvalue weighted by molar-refractivity contribution is 5.69. The van der Waals surface area contributed by atoms with Crippen LogP contribution in [0.3, 0.4) is 0 Å². The Kier molecular flexibility index (Phi) is 6.23. The highest BCUT2D eigenvalue weighted by atomic mass is 19.4. The number of halogens is 3. The van der Waals surface area contributed by atoms with E-state index < -0.39 is 17.8 Å². The number of anilines is 3. The molecule has 0 fully saturated rings. The number of hydrogen-bond donors (Lipinski definition) is 1. The number of hydrogen-bond acceptors (Lipinski definition) is 6. The summed E-state index contributed by atoms with van der Waals surface area (Å²) in [6.45, 7) is 6.31. The van der Waals surface area contributed by atoms with Gasteiger partial charge in [-0.15, -0.1) is 5.10 Å². The Bertz CT molecular complexity index is 1360. The molecule has 2 aromatic carbocycles. The number of nitrogens with zero attached hydrogens (tertiary/aromatic N) is 6. The summed E-state index contributed by atoms with van der Waals surface area (Å²) in [4.78, 5) is 6.11. The van der Waals surface area contributed by atoms with Crippen LogP contribution < -0.4 is 10.2 Å². The van der Waals surface area contributed by atoms with Gasteiger partial charge in [0.15, 0.2) is 0 Å². The summed E-state index contributed by atoms with van der Waals surface area (Å²) in [7, 11) is 0. The normalized spacial score (nSPS) is 15.6. The van der Waals surface area contributed by atoms with Crippen LogP contribution in [0.2, 0.25) is 0 Å². The molecule has 1 aliphatic rings. The van der Waals surface area contributed by atoms with E-state index in [0.29, 0.717) is 40.8 Å². The molecule has 1 aliphatic heterocycles. The van der Waals surface area contributed by atoms with E-state index in [-0.39, 0.29) is 11.6 Å². The molecule has 1 atom stereocenters. The van der Waals surface area contributed by atoms with Gasteiger partial charge >= 0.3 is 6.18 Å². The van der Waals surface area contributed by atoms with Crippen molar-refractivity contribution in [1.82, 2.24) is 14.8 Å². The van der Waals surface area contributed by atoms with Gasteiger partial charge in [-0.3, -0.25) is 4.90 Å². The highest BCUT2D eigenvalue weighted by Gasteiger charge is 2.37. The lowest BCUT2D eigenvalue weighted by atomic mass is 9.95. The molecule has 0 spiro atoms. The molecule has 1 N–H and O–H groups in total. The third-order valence-electron chi connectivity index (χ3n) is 5.63. The molecular formula is C25H22F3N7. The maximum Gasteiger partial charge on any atom is 0.416 e. The molecule has 178 valence electrons. The van der Waals surface area contributed by atoms with Crippen molar-refractivity contribution in [2.24, 2.45) is 5.92 Å². The quantitative estimate of drug-likeness (QED) is 0.501. The molecule has 0 radical (unpaired) electrons. The number of allylic oxidation sites excluding steroid dienone is 2. The van der Waals surface area contributed by atoms with Crippen molar-refractivity contribution in [3.05, 3.63) is 76.5 Å². The molecule has 10 heteroatoms. The lowest BCUT2D eigenvalue weighted by Gasteiger charge is -2.34. The zero-order chi connectivity index (χ0) is 25.3.